The highest BCUT2D eigenvalue weighted by Gasteiger charge is 2.25. The van der Waals surface area contributed by atoms with Gasteiger partial charge in [0.25, 0.3) is 0 Å². The number of hydrogen-bond donors (Lipinski definition) is 1. The van der Waals surface area contributed by atoms with Crippen LogP contribution in [-0.4, -0.2) is 31.4 Å². The second kappa shape index (κ2) is 6.99. The maximum Gasteiger partial charge on any atom is 0.129 e. The average Bonchev–Trinajstić information content (AvgIpc) is 2.81. The molecule has 1 heterocycles. The fraction of sp³-hybridized carbons (Fsp3) is 0.600. The van der Waals surface area contributed by atoms with E-state index < -0.39 is 11.6 Å². The minimum atomic E-state index is -0.633. The molecule has 0 saturated carbocycles. The third kappa shape index (κ3) is 4.72. The third-order valence-electron chi connectivity index (χ3n) is 3.22. The Bertz CT molecular complexity index is 420. The van der Waals surface area contributed by atoms with E-state index in [4.69, 9.17) is 9.47 Å². The fourth-order valence-corrected chi connectivity index (χ4v) is 2.22. The first-order chi connectivity index (χ1) is 9.52. The molecular formula is C15H21F2NO2. The largest absolute Gasteiger partial charge is 0.491 e. The quantitative estimate of drug-likeness (QED) is 0.872. The van der Waals surface area contributed by atoms with Crippen LogP contribution in [0, 0.1) is 11.6 Å². The van der Waals surface area contributed by atoms with Gasteiger partial charge in [0.05, 0.1) is 12.2 Å². The minimum absolute atomic E-state index is 0.0136. The number of ether oxygens (including phenoxy) is 2. The molecule has 1 aromatic rings. The second-order valence-corrected chi connectivity index (χ2v) is 5.44. The second-order valence-electron chi connectivity index (χ2n) is 5.44. The molecule has 2 unspecified atom stereocenters. The van der Waals surface area contributed by atoms with Gasteiger partial charge in [-0.25, -0.2) is 8.78 Å². The van der Waals surface area contributed by atoms with Crippen LogP contribution in [0.25, 0.3) is 0 Å². The molecule has 0 aromatic heterocycles. The molecule has 20 heavy (non-hydrogen) atoms. The van der Waals surface area contributed by atoms with E-state index in [0.29, 0.717) is 12.6 Å². The van der Waals surface area contributed by atoms with Crippen LogP contribution in [0.15, 0.2) is 18.2 Å². The van der Waals surface area contributed by atoms with Gasteiger partial charge in [-0.3, -0.25) is 0 Å². The molecule has 1 aliphatic rings. The first-order valence-corrected chi connectivity index (χ1v) is 7.00. The Morgan fingerprint density at radius 2 is 1.85 bits per heavy atom. The Labute approximate surface area is 118 Å². The highest BCUT2D eigenvalue weighted by atomic mass is 19.1. The lowest BCUT2D eigenvalue weighted by Gasteiger charge is -2.16. The number of halogens is 2. The van der Waals surface area contributed by atoms with Gasteiger partial charge in [-0.2, -0.15) is 0 Å². The lowest BCUT2D eigenvalue weighted by molar-refractivity contribution is 0.0177. The molecule has 1 saturated heterocycles. The first-order valence-electron chi connectivity index (χ1n) is 7.00. The zero-order chi connectivity index (χ0) is 14.5. The van der Waals surface area contributed by atoms with E-state index in [1.807, 2.05) is 0 Å². The van der Waals surface area contributed by atoms with Crippen molar-refractivity contribution in [1.82, 2.24) is 5.32 Å². The van der Waals surface area contributed by atoms with Crippen LogP contribution in [0.5, 0.6) is 5.75 Å². The van der Waals surface area contributed by atoms with Gasteiger partial charge in [-0.15, -0.1) is 0 Å². The highest BCUT2D eigenvalue weighted by molar-refractivity contribution is 5.23. The fourth-order valence-electron chi connectivity index (χ4n) is 2.22. The summed E-state index contributed by atoms with van der Waals surface area (Å²) in [6, 6.07) is 3.61. The standard InChI is InChI=1S/C15H21F2NO2/c1-10(2)18-8-13-3-4-14(20-13)9-19-15-6-11(16)5-12(17)7-15/h5-7,10,13-14,18H,3-4,8-9H2,1-2H3. The Morgan fingerprint density at radius 3 is 2.50 bits per heavy atom. The van der Waals surface area contributed by atoms with Crippen molar-refractivity contribution in [3.63, 3.8) is 0 Å². The van der Waals surface area contributed by atoms with E-state index in [2.05, 4.69) is 19.2 Å². The molecule has 3 nitrogen and oxygen atoms in total. The molecule has 0 radical (unpaired) electrons. The highest BCUT2D eigenvalue weighted by Crippen LogP contribution is 2.21. The SMILES string of the molecule is CC(C)NCC1CCC(COc2cc(F)cc(F)c2)O1. The number of rotatable bonds is 6. The van der Waals surface area contributed by atoms with Crippen LogP contribution in [0.2, 0.25) is 0 Å². The van der Waals surface area contributed by atoms with Crippen LogP contribution in [0.3, 0.4) is 0 Å². The molecule has 1 aromatic carbocycles. The molecule has 0 bridgehead atoms. The summed E-state index contributed by atoms with van der Waals surface area (Å²) in [4.78, 5) is 0. The van der Waals surface area contributed by atoms with Crippen LogP contribution in [0.1, 0.15) is 26.7 Å². The molecule has 2 atom stereocenters. The van der Waals surface area contributed by atoms with E-state index in [1.54, 1.807) is 0 Å². The van der Waals surface area contributed by atoms with Crippen LogP contribution in [-0.2, 0) is 4.74 Å². The predicted octanol–water partition coefficient (Wildman–Crippen LogP) is 2.89. The molecular weight excluding hydrogens is 264 g/mol. The number of nitrogens with one attached hydrogen (secondary N) is 1. The average molecular weight is 285 g/mol. The van der Waals surface area contributed by atoms with Gasteiger partial charge in [0.1, 0.15) is 24.0 Å². The van der Waals surface area contributed by atoms with E-state index in [1.165, 1.54) is 12.1 Å². The Balaban J connectivity index is 1.75. The summed E-state index contributed by atoms with van der Waals surface area (Å²) < 4.78 is 37.2. The maximum atomic E-state index is 13.0. The molecule has 1 fully saturated rings. The van der Waals surface area contributed by atoms with Crippen LogP contribution < -0.4 is 10.1 Å². The van der Waals surface area contributed by atoms with Gasteiger partial charge in [0.2, 0.25) is 0 Å². The van der Waals surface area contributed by atoms with Gasteiger partial charge in [-0.05, 0) is 12.8 Å². The molecule has 0 aliphatic carbocycles. The monoisotopic (exact) mass is 285 g/mol. The molecule has 0 amide bonds. The normalized spacial score (nSPS) is 22.4. The van der Waals surface area contributed by atoms with Crippen LogP contribution >= 0.6 is 0 Å². The molecule has 1 aliphatic heterocycles. The molecule has 0 spiro atoms. The topological polar surface area (TPSA) is 30.5 Å². The van der Waals surface area contributed by atoms with Crippen molar-refractivity contribution < 1.29 is 18.3 Å². The Kier molecular flexibility index (Phi) is 5.31. The van der Waals surface area contributed by atoms with Crippen molar-refractivity contribution in [2.24, 2.45) is 0 Å². The van der Waals surface area contributed by atoms with Crippen molar-refractivity contribution in [2.45, 2.75) is 44.9 Å². The Hall–Kier alpha value is -1.20. The van der Waals surface area contributed by atoms with E-state index in [9.17, 15) is 8.78 Å². The van der Waals surface area contributed by atoms with E-state index in [0.717, 1.165) is 25.5 Å². The Morgan fingerprint density at radius 1 is 1.20 bits per heavy atom. The molecule has 112 valence electrons. The van der Waals surface area contributed by atoms with Crippen molar-refractivity contribution in [2.75, 3.05) is 13.2 Å². The summed E-state index contributed by atoms with van der Waals surface area (Å²) in [5.41, 5.74) is 0. The zero-order valence-electron chi connectivity index (χ0n) is 11.9. The first kappa shape index (κ1) is 15.2. The van der Waals surface area contributed by atoms with Crippen molar-refractivity contribution in [1.29, 1.82) is 0 Å². The van der Waals surface area contributed by atoms with Gasteiger partial charge in [-0.1, -0.05) is 13.8 Å². The molecule has 1 N–H and O–H groups in total. The van der Waals surface area contributed by atoms with E-state index in [-0.39, 0.29) is 18.0 Å². The van der Waals surface area contributed by atoms with Gasteiger partial charge >= 0.3 is 0 Å². The van der Waals surface area contributed by atoms with Crippen molar-refractivity contribution >= 4 is 0 Å². The summed E-state index contributed by atoms with van der Waals surface area (Å²) >= 11 is 0. The maximum absolute atomic E-state index is 13.0. The van der Waals surface area contributed by atoms with Gasteiger partial charge in [0.15, 0.2) is 0 Å². The summed E-state index contributed by atoms with van der Waals surface area (Å²) in [6.45, 7) is 5.33. The summed E-state index contributed by atoms with van der Waals surface area (Å²) in [5, 5.41) is 3.33. The number of hydrogen-bond acceptors (Lipinski definition) is 3. The van der Waals surface area contributed by atoms with E-state index >= 15 is 0 Å². The summed E-state index contributed by atoms with van der Waals surface area (Å²) in [6.07, 6.45) is 2.06. The van der Waals surface area contributed by atoms with Crippen molar-refractivity contribution in [3.8, 4) is 5.75 Å². The third-order valence-corrected chi connectivity index (χ3v) is 3.22. The van der Waals surface area contributed by atoms with Crippen molar-refractivity contribution in [3.05, 3.63) is 29.8 Å². The number of benzene rings is 1. The molecule has 2 rings (SSSR count). The molecule has 5 heteroatoms. The minimum Gasteiger partial charge on any atom is -0.491 e. The lowest BCUT2D eigenvalue weighted by Crippen LogP contribution is -2.32. The zero-order valence-corrected chi connectivity index (χ0v) is 11.9. The van der Waals surface area contributed by atoms with Gasteiger partial charge in [0, 0.05) is 30.8 Å². The van der Waals surface area contributed by atoms with Gasteiger partial charge < -0.3 is 14.8 Å². The lowest BCUT2D eigenvalue weighted by atomic mass is 10.2. The summed E-state index contributed by atoms with van der Waals surface area (Å²) in [5.74, 6) is -1.06. The predicted molar refractivity (Wildman–Crippen MR) is 72.9 cm³/mol. The van der Waals surface area contributed by atoms with Crippen LogP contribution in [0.4, 0.5) is 8.78 Å². The smallest absolute Gasteiger partial charge is 0.129 e. The summed E-state index contributed by atoms with van der Waals surface area (Å²) in [7, 11) is 0.